The van der Waals surface area contributed by atoms with Crippen molar-refractivity contribution in [1.29, 1.82) is 0 Å². The molecule has 0 aliphatic rings. The first-order valence-corrected chi connectivity index (χ1v) is 4.34. The number of ether oxygens (including phenoxy) is 1. The lowest BCUT2D eigenvalue weighted by molar-refractivity contribution is 0.133. The second-order valence-corrected chi connectivity index (χ2v) is 3.06. The molecule has 0 saturated carbocycles. The smallest absolute Gasteiger partial charge is 0.0490 e. The van der Waals surface area contributed by atoms with Crippen LogP contribution in [0.2, 0.25) is 0 Å². The largest absolute Gasteiger partial charge is 0.384 e. The molecule has 0 aromatic heterocycles. The van der Waals surface area contributed by atoms with Crippen LogP contribution >= 0.6 is 11.6 Å². The first-order valence-electron chi connectivity index (χ1n) is 3.81. The lowest BCUT2D eigenvalue weighted by Crippen LogP contribution is -2.17. The van der Waals surface area contributed by atoms with Gasteiger partial charge < -0.3 is 4.74 Å². The predicted molar refractivity (Wildman–Crippen MR) is 45.5 cm³/mol. The van der Waals surface area contributed by atoms with Gasteiger partial charge in [0.15, 0.2) is 0 Å². The van der Waals surface area contributed by atoms with Crippen molar-refractivity contribution >= 4 is 11.6 Å². The first kappa shape index (κ1) is 10.2. The van der Waals surface area contributed by atoms with E-state index in [1.807, 2.05) is 0 Å². The van der Waals surface area contributed by atoms with E-state index in [4.69, 9.17) is 16.3 Å². The van der Waals surface area contributed by atoms with Crippen molar-refractivity contribution in [2.24, 2.45) is 11.8 Å². The zero-order valence-corrected chi connectivity index (χ0v) is 7.82. The number of hydrogen-bond acceptors (Lipinski definition) is 1. The van der Waals surface area contributed by atoms with Crippen molar-refractivity contribution in [3.8, 4) is 0 Å². The molecule has 0 aromatic carbocycles. The van der Waals surface area contributed by atoms with Gasteiger partial charge in [0.2, 0.25) is 0 Å². The predicted octanol–water partition coefficient (Wildman–Crippen LogP) is 2.53. The lowest BCUT2D eigenvalue weighted by Gasteiger charge is -2.18. The van der Waals surface area contributed by atoms with Crippen LogP contribution in [0.4, 0.5) is 0 Å². The molecule has 0 fully saturated rings. The number of halogens is 1. The normalized spacial score (nSPS) is 16.8. The summed E-state index contributed by atoms with van der Waals surface area (Å²) in [6, 6.07) is 0. The number of alkyl halides is 1. The van der Waals surface area contributed by atoms with Gasteiger partial charge in [0, 0.05) is 19.6 Å². The maximum Gasteiger partial charge on any atom is 0.0490 e. The SMILES string of the molecule is CCC(CCl)C(C)COC. The van der Waals surface area contributed by atoms with E-state index in [-0.39, 0.29) is 0 Å². The van der Waals surface area contributed by atoms with Crippen LogP contribution in [-0.2, 0) is 4.74 Å². The fraction of sp³-hybridized carbons (Fsp3) is 1.00. The summed E-state index contributed by atoms with van der Waals surface area (Å²) in [4.78, 5) is 0. The molecule has 0 radical (unpaired) electrons. The van der Waals surface area contributed by atoms with Crippen LogP contribution in [0.15, 0.2) is 0 Å². The molecule has 0 aromatic rings. The molecular formula is C8H17ClO. The van der Waals surface area contributed by atoms with Crippen LogP contribution in [0.25, 0.3) is 0 Å². The summed E-state index contributed by atoms with van der Waals surface area (Å²) >= 11 is 5.74. The first-order chi connectivity index (χ1) is 4.76. The van der Waals surface area contributed by atoms with Gasteiger partial charge in [-0.25, -0.2) is 0 Å². The topological polar surface area (TPSA) is 9.23 Å². The van der Waals surface area contributed by atoms with Gasteiger partial charge in [-0.1, -0.05) is 20.3 Å². The minimum Gasteiger partial charge on any atom is -0.384 e. The Morgan fingerprint density at radius 2 is 2.10 bits per heavy atom. The molecule has 62 valence electrons. The monoisotopic (exact) mass is 164 g/mol. The average molecular weight is 165 g/mol. The van der Waals surface area contributed by atoms with E-state index in [0.29, 0.717) is 11.8 Å². The molecule has 0 spiro atoms. The molecule has 0 aliphatic heterocycles. The van der Waals surface area contributed by atoms with E-state index in [9.17, 15) is 0 Å². The van der Waals surface area contributed by atoms with Crippen LogP contribution in [0.1, 0.15) is 20.3 Å². The average Bonchev–Trinajstić information content (AvgIpc) is 1.91. The summed E-state index contributed by atoms with van der Waals surface area (Å²) in [6.07, 6.45) is 1.15. The minimum atomic E-state index is 0.590. The van der Waals surface area contributed by atoms with Gasteiger partial charge in [-0.05, 0) is 11.8 Å². The minimum absolute atomic E-state index is 0.590. The summed E-state index contributed by atoms with van der Waals surface area (Å²) < 4.78 is 5.03. The maximum absolute atomic E-state index is 5.74. The van der Waals surface area contributed by atoms with E-state index in [1.54, 1.807) is 7.11 Å². The van der Waals surface area contributed by atoms with Crippen LogP contribution in [-0.4, -0.2) is 19.6 Å². The fourth-order valence-corrected chi connectivity index (χ4v) is 1.58. The van der Waals surface area contributed by atoms with Crippen molar-refractivity contribution in [2.45, 2.75) is 20.3 Å². The highest BCUT2D eigenvalue weighted by atomic mass is 35.5. The molecule has 0 heterocycles. The highest BCUT2D eigenvalue weighted by Gasteiger charge is 2.13. The van der Waals surface area contributed by atoms with Gasteiger partial charge in [-0.2, -0.15) is 0 Å². The second kappa shape index (κ2) is 5.99. The molecule has 2 heteroatoms. The summed E-state index contributed by atoms with van der Waals surface area (Å²) in [5.74, 6) is 1.95. The van der Waals surface area contributed by atoms with E-state index in [2.05, 4.69) is 13.8 Å². The van der Waals surface area contributed by atoms with Gasteiger partial charge in [-0.15, -0.1) is 11.6 Å². The summed E-state index contributed by atoms with van der Waals surface area (Å²) in [5, 5.41) is 0. The molecule has 0 saturated heterocycles. The Morgan fingerprint density at radius 3 is 2.40 bits per heavy atom. The summed E-state index contributed by atoms with van der Waals surface area (Å²) in [6.45, 7) is 5.17. The van der Waals surface area contributed by atoms with Crippen LogP contribution in [0.5, 0.6) is 0 Å². The Kier molecular flexibility index (Phi) is 6.14. The van der Waals surface area contributed by atoms with E-state index < -0.39 is 0 Å². The molecule has 0 N–H and O–H groups in total. The Labute approximate surface area is 68.7 Å². The molecule has 2 unspecified atom stereocenters. The third-order valence-corrected chi connectivity index (χ3v) is 2.35. The van der Waals surface area contributed by atoms with Crippen molar-refractivity contribution in [2.75, 3.05) is 19.6 Å². The molecule has 0 amide bonds. The van der Waals surface area contributed by atoms with E-state index >= 15 is 0 Å². The third-order valence-electron chi connectivity index (χ3n) is 1.96. The van der Waals surface area contributed by atoms with Gasteiger partial charge >= 0.3 is 0 Å². The number of hydrogen-bond donors (Lipinski definition) is 0. The van der Waals surface area contributed by atoms with Crippen LogP contribution in [0.3, 0.4) is 0 Å². The van der Waals surface area contributed by atoms with Gasteiger partial charge in [0.1, 0.15) is 0 Å². The molecule has 0 aliphatic carbocycles. The summed E-state index contributed by atoms with van der Waals surface area (Å²) in [7, 11) is 1.73. The van der Waals surface area contributed by atoms with Gasteiger partial charge in [0.25, 0.3) is 0 Å². The Bertz CT molecular complexity index is 71.7. The van der Waals surface area contributed by atoms with Crippen molar-refractivity contribution in [3.63, 3.8) is 0 Å². The third kappa shape index (κ3) is 3.43. The number of methoxy groups -OCH3 is 1. The highest BCUT2D eigenvalue weighted by molar-refractivity contribution is 6.18. The Morgan fingerprint density at radius 1 is 1.50 bits per heavy atom. The van der Waals surface area contributed by atoms with Crippen molar-refractivity contribution in [1.82, 2.24) is 0 Å². The van der Waals surface area contributed by atoms with Crippen LogP contribution < -0.4 is 0 Å². The van der Waals surface area contributed by atoms with Gasteiger partial charge in [0.05, 0.1) is 0 Å². The van der Waals surface area contributed by atoms with E-state index in [0.717, 1.165) is 18.9 Å². The van der Waals surface area contributed by atoms with Crippen molar-refractivity contribution < 1.29 is 4.74 Å². The zero-order chi connectivity index (χ0) is 7.98. The second-order valence-electron chi connectivity index (χ2n) is 2.76. The Balaban J connectivity index is 3.53. The quantitative estimate of drug-likeness (QED) is 0.568. The summed E-state index contributed by atoms with van der Waals surface area (Å²) in [5.41, 5.74) is 0. The molecule has 0 bridgehead atoms. The Hall–Kier alpha value is 0.250. The molecule has 2 atom stereocenters. The van der Waals surface area contributed by atoms with Gasteiger partial charge in [-0.3, -0.25) is 0 Å². The van der Waals surface area contributed by atoms with Crippen molar-refractivity contribution in [3.05, 3.63) is 0 Å². The van der Waals surface area contributed by atoms with E-state index in [1.165, 1.54) is 0 Å². The molecule has 10 heavy (non-hydrogen) atoms. The zero-order valence-electron chi connectivity index (χ0n) is 7.06. The van der Waals surface area contributed by atoms with Crippen LogP contribution in [0, 0.1) is 11.8 Å². The molecule has 1 nitrogen and oxygen atoms in total. The lowest BCUT2D eigenvalue weighted by atomic mass is 9.94. The maximum atomic E-state index is 5.74. The standard InChI is InChI=1S/C8H17ClO/c1-4-8(5-9)7(2)6-10-3/h7-8H,4-6H2,1-3H3. The highest BCUT2D eigenvalue weighted by Crippen LogP contribution is 2.16. The molecular weight excluding hydrogens is 148 g/mol. The fourth-order valence-electron chi connectivity index (χ4n) is 1.06. The molecule has 0 rings (SSSR count). The number of rotatable bonds is 5.